The lowest BCUT2D eigenvalue weighted by Gasteiger charge is -2.16. The van der Waals surface area contributed by atoms with Crippen LogP contribution in [0.4, 0.5) is 0 Å². The fourth-order valence-corrected chi connectivity index (χ4v) is 2.84. The first-order valence-electron chi connectivity index (χ1n) is 9.98. The van der Waals surface area contributed by atoms with Gasteiger partial charge in [-0.25, -0.2) is 0 Å². The number of hydrogen-bond donors (Lipinski definition) is 4. The van der Waals surface area contributed by atoms with E-state index in [1.54, 1.807) is 0 Å². The Morgan fingerprint density at radius 2 is 1.75 bits per heavy atom. The van der Waals surface area contributed by atoms with Crippen molar-refractivity contribution in [2.45, 2.75) is 82.4 Å². The average molecular weight is 395 g/mol. The van der Waals surface area contributed by atoms with Crippen LogP contribution in [0.1, 0.15) is 51.9 Å². The van der Waals surface area contributed by atoms with Crippen LogP contribution in [0.2, 0.25) is 0 Å². The van der Waals surface area contributed by atoms with Crippen LogP contribution < -0.4 is 0 Å². The zero-order valence-corrected chi connectivity index (χ0v) is 16.6. The molecule has 1 heterocycles. The maximum Gasteiger partial charge on any atom is 0.303 e. The summed E-state index contributed by atoms with van der Waals surface area (Å²) in [5.41, 5.74) is 0. The molecule has 1 fully saturated rings. The van der Waals surface area contributed by atoms with Crippen molar-refractivity contribution < 1.29 is 30.0 Å². The molecule has 1 aliphatic rings. The highest BCUT2D eigenvalue weighted by atomic mass is 16.5. The quantitative estimate of drug-likeness (QED) is 0.358. The molecule has 0 radical (unpaired) electrons. The Hall–Kier alpha value is -1.73. The lowest BCUT2D eigenvalue weighted by atomic mass is 10.0. The monoisotopic (exact) mass is 394 g/mol. The fraction of sp³-hybridized carbons (Fsp3) is 0.591. The molecule has 6 heteroatoms. The zero-order chi connectivity index (χ0) is 20.8. The predicted molar refractivity (Wildman–Crippen MR) is 109 cm³/mol. The van der Waals surface area contributed by atoms with Gasteiger partial charge in [0, 0.05) is 12.8 Å². The number of allylic oxidation sites excluding steroid dienone is 5. The van der Waals surface area contributed by atoms with Gasteiger partial charge in [-0.3, -0.25) is 4.79 Å². The van der Waals surface area contributed by atoms with Crippen LogP contribution in [0.15, 0.2) is 48.6 Å². The van der Waals surface area contributed by atoms with Gasteiger partial charge < -0.3 is 25.2 Å². The zero-order valence-electron chi connectivity index (χ0n) is 16.6. The van der Waals surface area contributed by atoms with Crippen molar-refractivity contribution in [2.24, 2.45) is 0 Å². The molecule has 0 aromatic heterocycles. The van der Waals surface area contributed by atoms with Gasteiger partial charge in [-0.05, 0) is 32.1 Å². The number of ether oxygens (including phenoxy) is 1. The molecule has 0 aromatic carbocycles. The van der Waals surface area contributed by atoms with Crippen LogP contribution in [-0.4, -0.2) is 56.9 Å². The molecule has 0 unspecified atom stereocenters. The number of aliphatic hydroxyl groups is 3. The molecule has 4 N–H and O–H groups in total. The molecule has 6 nitrogen and oxygen atoms in total. The summed E-state index contributed by atoms with van der Waals surface area (Å²) in [6, 6.07) is 0. The van der Waals surface area contributed by atoms with E-state index in [0.29, 0.717) is 12.8 Å². The molecule has 0 saturated carbocycles. The molecular formula is C22H34O6. The fourth-order valence-electron chi connectivity index (χ4n) is 2.84. The highest BCUT2D eigenvalue weighted by Gasteiger charge is 2.35. The third kappa shape index (κ3) is 10.6. The van der Waals surface area contributed by atoms with Gasteiger partial charge in [0.1, 0.15) is 6.10 Å². The molecule has 1 aliphatic heterocycles. The van der Waals surface area contributed by atoms with Crippen LogP contribution in [-0.2, 0) is 9.53 Å². The third-order valence-corrected chi connectivity index (χ3v) is 4.45. The van der Waals surface area contributed by atoms with Crippen molar-refractivity contribution in [1.82, 2.24) is 0 Å². The van der Waals surface area contributed by atoms with E-state index in [4.69, 9.17) is 9.84 Å². The second-order valence-corrected chi connectivity index (χ2v) is 6.92. The Labute approximate surface area is 167 Å². The van der Waals surface area contributed by atoms with Crippen LogP contribution in [0.3, 0.4) is 0 Å². The van der Waals surface area contributed by atoms with Crippen molar-refractivity contribution in [2.75, 3.05) is 0 Å². The van der Waals surface area contributed by atoms with E-state index in [2.05, 4.69) is 31.2 Å². The Kier molecular flexibility index (Phi) is 12.4. The lowest BCUT2D eigenvalue weighted by Crippen LogP contribution is -2.25. The minimum absolute atomic E-state index is 0.106. The molecule has 0 amide bonds. The molecule has 1 saturated heterocycles. The molecular weight excluding hydrogens is 360 g/mol. The van der Waals surface area contributed by atoms with Gasteiger partial charge >= 0.3 is 5.97 Å². The summed E-state index contributed by atoms with van der Waals surface area (Å²) in [6.45, 7) is 2.10. The van der Waals surface area contributed by atoms with E-state index in [1.807, 2.05) is 12.2 Å². The van der Waals surface area contributed by atoms with Crippen LogP contribution >= 0.6 is 0 Å². The molecule has 0 aromatic rings. The van der Waals surface area contributed by atoms with Crippen molar-refractivity contribution in [3.63, 3.8) is 0 Å². The Morgan fingerprint density at radius 3 is 2.39 bits per heavy atom. The van der Waals surface area contributed by atoms with Crippen LogP contribution in [0.25, 0.3) is 0 Å². The summed E-state index contributed by atoms with van der Waals surface area (Å²) in [6.07, 6.45) is 15.4. The lowest BCUT2D eigenvalue weighted by molar-refractivity contribution is -0.137. The highest BCUT2D eigenvalue weighted by molar-refractivity contribution is 5.66. The number of hydrogen-bond acceptors (Lipinski definition) is 5. The van der Waals surface area contributed by atoms with Gasteiger partial charge in [0.25, 0.3) is 0 Å². The minimum Gasteiger partial charge on any atom is -0.481 e. The standard InChI is InChI=1S/C22H34O6/c1-2-3-4-5-6-7-8-9-10-11-18(24)21-16-19(25)20(28-21)14-12-17(23)13-15-22(26)27/h3-4,6-7,9-10,12,14,17-21,23-25H,2,5,8,11,13,15-16H2,1H3,(H,26,27)/b4-3-,7-6-,10-9-,14-12+/t17-,18-,19+,20-,21-/m0/s1. The number of carbonyl (C=O) groups is 1. The first-order chi connectivity index (χ1) is 13.4. The highest BCUT2D eigenvalue weighted by Crippen LogP contribution is 2.25. The van der Waals surface area contributed by atoms with Crippen molar-refractivity contribution in [3.8, 4) is 0 Å². The van der Waals surface area contributed by atoms with Crippen LogP contribution in [0.5, 0.6) is 0 Å². The van der Waals surface area contributed by atoms with Gasteiger partial charge in [0.2, 0.25) is 0 Å². The van der Waals surface area contributed by atoms with Crippen molar-refractivity contribution >= 4 is 5.97 Å². The van der Waals surface area contributed by atoms with E-state index < -0.39 is 36.5 Å². The molecule has 0 spiro atoms. The average Bonchev–Trinajstić information content (AvgIpc) is 3.04. The van der Waals surface area contributed by atoms with Crippen molar-refractivity contribution in [1.29, 1.82) is 0 Å². The topological polar surface area (TPSA) is 107 Å². The van der Waals surface area contributed by atoms with Crippen molar-refractivity contribution in [3.05, 3.63) is 48.6 Å². The molecule has 1 rings (SSSR count). The summed E-state index contributed by atoms with van der Waals surface area (Å²) in [5, 5.41) is 38.6. The summed E-state index contributed by atoms with van der Waals surface area (Å²) in [7, 11) is 0. The van der Waals surface area contributed by atoms with Gasteiger partial charge in [0.15, 0.2) is 0 Å². The molecule has 5 atom stereocenters. The number of carboxylic acid groups (broad SMARTS) is 1. The van der Waals surface area contributed by atoms with E-state index in [-0.39, 0.29) is 12.8 Å². The normalized spacial score (nSPS) is 25.5. The summed E-state index contributed by atoms with van der Waals surface area (Å²) in [4.78, 5) is 10.5. The second kappa shape index (κ2) is 14.3. The molecule has 28 heavy (non-hydrogen) atoms. The Bertz CT molecular complexity index is 551. The SMILES string of the molecule is CC/C=C\C/C=C\C/C=C\C[C@H](O)[C@@H]1C[C@@H](O)[C@H](/C=C/[C@H](O)CCC(=O)O)O1. The van der Waals surface area contributed by atoms with Gasteiger partial charge in [-0.2, -0.15) is 0 Å². The molecule has 158 valence electrons. The number of rotatable bonds is 13. The van der Waals surface area contributed by atoms with E-state index in [0.717, 1.165) is 19.3 Å². The van der Waals surface area contributed by atoms with E-state index in [9.17, 15) is 20.1 Å². The van der Waals surface area contributed by atoms with E-state index in [1.165, 1.54) is 12.2 Å². The molecule has 0 bridgehead atoms. The summed E-state index contributed by atoms with van der Waals surface area (Å²) < 4.78 is 5.67. The first kappa shape index (κ1) is 24.3. The Balaban J connectivity index is 2.31. The summed E-state index contributed by atoms with van der Waals surface area (Å²) >= 11 is 0. The first-order valence-corrected chi connectivity index (χ1v) is 9.98. The summed E-state index contributed by atoms with van der Waals surface area (Å²) in [5.74, 6) is -0.968. The predicted octanol–water partition coefficient (Wildman–Crippen LogP) is 2.90. The largest absolute Gasteiger partial charge is 0.481 e. The van der Waals surface area contributed by atoms with Crippen LogP contribution in [0, 0.1) is 0 Å². The number of aliphatic hydroxyl groups excluding tert-OH is 3. The smallest absolute Gasteiger partial charge is 0.303 e. The van der Waals surface area contributed by atoms with Gasteiger partial charge in [0.05, 0.1) is 24.4 Å². The Morgan fingerprint density at radius 1 is 1.11 bits per heavy atom. The van der Waals surface area contributed by atoms with Gasteiger partial charge in [-0.1, -0.05) is 55.5 Å². The maximum atomic E-state index is 10.5. The second-order valence-electron chi connectivity index (χ2n) is 6.92. The van der Waals surface area contributed by atoms with E-state index >= 15 is 0 Å². The number of aliphatic carboxylic acids is 1. The molecule has 0 aliphatic carbocycles. The minimum atomic E-state index is -0.968. The third-order valence-electron chi connectivity index (χ3n) is 4.45. The maximum absolute atomic E-state index is 10.5. The van der Waals surface area contributed by atoms with Gasteiger partial charge in [-0.15, -0.1) is 0 Å². The number of carboxylic acids is 1.